The fourth-order valence-corrected chi connectivity index (χ4v) is 2.51. The molecule has 0 aliphatic heterocycles. The highest BCUT2D eigenvalue weighted by Crippen LogP contribution is 2.26. The summed E-state index contributed by atoms with van der Waals surface area (Å²) < 4.78 is 39.8. The molecule has 0 saturated heterocycles. The number of nitrogens with one attached hydrogen (secondary N) is 1. The van der Waals surface area contributed by atoms with Crippen molar-refractivity contribution in [3.63, 3.8) is 0 Å². The third-order valence-corrected chi connectivity index (χ3v) is 3.92. The van der Waals surface area contributed by atoms with Crippen LogP contribution in [-0.2, 0) is 14.3 Å². The molecule has 0 fully saturated rings. The Hall–Kier alpha value is -3.16. The van der Waals surface area contributed by atoms with Gasteiger partial charge in [0.1, 0.15) is 11.5 Å². The Morgan fingerprint density at radius 1 is 0.966 bits per heavy atom. The van der Waals surface area contributed by atoms with Crippen molar-refractivity contribution in [1.82, 2.24) is 0 Å². The first-order valence-electron chi connectivity index (χ1n) is 9.03. The molecule has 2 aromatic rings. The van der Waals surface area contributed by atoms with Gasteiger partial charge in [0.15, 0.2) is 12.7 Å². The lowest BCUT2D eigenvalue weighted by Gasteiger charge is -2.17. The highest BCUT2D eigenvalue weighted by molar-refractivity contribution is 5.96. The van der Waals surface area contributed by atoms with E-state index < -0.39 is 24.6 Å². The molecule has 0 radical (unpaired) electrons. The van der Waals surface area contributed by atoms with E-state index in [2.05, 4.69) is 10.1 Å². The summed E-state index contributed by atoms with van der Waals surface area (Å²) >= 11 is 0. The van der Waals surface area contributed by atoms with Crippen LogP contribution in [0.4, 0.5) is 14.5 Å². The van der Waals surface area contributed by atoms with Gasteiger partial charge in [0, 0.05) is 0 Å². The second-order valence-corrected chi connectivity index (χ2v) is 6.48. The lowest BCUT2D eigenvalue weighted by molar-refractivity contribution is -0.155. The van der Waals surface area contributed by atoms with E-state index >= 15 is 0 Å². The number of halogens is 2. The Bertz CT molecular complexity index is 841. The van der Waals surface area contributed by atoms with E-state index in [1.54, 1.807) is 18.2 Å². The van der Waals surface area contributed by atoms with Gasteiger partial charge in [-0.2, -0.15) is 8.78 Å². The third-order valence-electron chi connectivity index (χ3n) is 3.92. The molecule has 0 aliphatic rings. The molecule has 29 heavy (non-hydrogen) atoms. The van der Waals surface area contributed by atoms with Crippen molar-refractivity contribution in [3.05, 3.63) is 54.1 Å². The van der Waals surface area contributed by atoms with E-state index in [9.17, 15) is 18.4 Å². The number of hydrogen-bond donors (Lipinski definition) is 1. The highest BCUT2D eigenvalue weighted by Gasteiger charge is 2.20. The summed E-state index contributed by atoms with van der Waals surface area (Å²) in [5, 5.41) is 2.40. The first-order valence-corrected chi connectivity index (χ1v) is 9.03. The van der Waals surface area contributed by atoms with Gasteiger partial charge >= 0.3 is 12.6 Å². The predicted octanol–water partition coefficient (Wildman–Crippen LogP) is 4.36. The van der Waals surface area contributed by atoms with Crippen LogP contribution in [0.25, 0.3) is 0 Å². The average Bonchev–Trinajstić information content (AvgIpc) is 2.67. The van der Waals surface area contributed by atoms with E-state index in [1.807, 2.05) is 26.0 Å². The summed E-state index contributed by atoms with van der Waals surface area (Å²) in [6, 6.07) is 13.0. The summed E-state index contributed by atoms with van der Waals surface area (Å²) in [7, 11) is 0. The molecule has 8 heteroatoms. The van der Waals surface area contributed by atoms with Crippen LogP contribution in [0.3, 0.4) is 0 Å². The van der Waals surface area contributed by atoms with Gasteiger partial charge in [-0.1, -0.05) is 44.2 Å². The molecule has 2 rings (SSSR count). The van der Waals surface area contributed by atoms with E-state index in [4.69, 9.17) is 9.47 Å². The zero-order valence-corrected chi connectivity index (χ0v) is 16.4. The number of carbonyl (C=O) groups excluding carboxylic acids is 2. The third kappa shape index (κ3) is 6.74. The Balaban J connectivity index is 1.91. The van der Waals surface area contributed by atoms with Gasteiger partial charge in [0.25, 0.3) is 5.91 Å². The van der Waals surface area contributed by atoms with Crippen molar-refractivity contribution in [3.8, 4) is 11.5 Å². The first-order chi connectivity index (χ1) is 13.8. The number of benzene rings is 2. The number of carbonyl (C=O) groups is 2. The maximum atomic E-state index is 12.5. The van der Waals surface area contributed by atoms with E-state index in [1.165, 1.54) is 25.1 Å². The molecular weight excluding hydrogens is 384 g/mol. The molecule has 0 heterocycles. The second kappa shape index (κ2) is 10.4. The second-order valence-electron chi connectivity index (χ2n) is 6.48. The lowest BCUT2D eigenvalue weighted by Crippen LogP contribution is -2.32. The minimum atomic E-state index is -3.03. The largest absolute Gasteiger partial charge is 0.482 e. The SMILES string of the molecule is CC(C)c1ccccc1OCC(=O)O[C@H](C)C(=O)Nc1ccccc1OC(F)F. The minimum Gasteiger partial charge on any atom is -0.482 e. The van der Waals surface area contributed by atoms with Gasteiger partial charge in [0.2, 0.25) is 0 Å². The Morgan fingerprint density at radius 2 is 1.59 bits per heavy atom. The molecule has 0 unspecified atom stereocenters. The summed E-state index contributed by atoms with van der Waals surface area (Å²) in [6.07, 6.45) is -1.16. The van der Waals surface area contributed by atoms with Crippen molar-refractivity contribution in [1.29, 1.82) is 0 Å². The molecular formula is C21H23F2NO5. The molecule has 1 atom stereocenters. The van der Waals surface area contributed by atoms with Crippen LogP contribution < -0.4 is 14.8 Å². The summed E-state index contributed by atoms with van der Waals surface area (Å²) in [5.74, 6) is -0.838. The average molecular weight is 407 g/mol. The number of amides is 1. The van der Waals surface area contributed by atoms with Gasteiger partial charge in [-0.3, -0.25) is 4.79 Å². The monoisotopic (exact) mass is 407 g/mol. The number of alkyl halides is 2. The number of hydrogen-bond acceptors (Lipinski definition) is 5. The Labute approximate surface area is 167 Å². The fraction of sp³-hybridized carbons (Fsp3) is 0.333. The minimum absolute atomic E-state index is 0.0443. The molecule has 0 saturated carbocycles. The lowest BCUT2D eigenvalue weighted by atomic mass is 10.0. The van der Waals surface area contributed by atoms with Crippen molar-refractivity contribution in [2.45, 2.75) is 39.4 Å². The van der Waals surface area contributed by atoms with Gasteiger partial charge in [0.05, 0.1) is 5.69 Å². The highest BCUT2D eigenvalue weighted by atomic mass is 19.3. The van der Waals surface area contributed by atoms with Crippen LogP contribution in [0.1, 0.15) is 32.3 Å². The number of rotatable bonds is 9. The molecule has 1 amide bonds. The van der Waals surface area contributed by atoms with Gasteiger partial charge in [-0.05, 0) is 36.6 Å². The quantitative estimate of drug-likeness (QED) is 0.625. The standard InChI is InChI=1S/C21H23F2NO5/c1-13(2)15-8-4-6-10-17(15)27-12-19(25)28-14(3)20(26)24-16-9-5-7-11-18(16)29-21(22)23/h4-11,13-14,21H,12H2,1-3H3,(H,24,26)/t14-/m1/s1. The predicted molar refractivity (Wildman–Crippen MR) is 103 cm³/mol. The summed E-state index contributed by atoms with van der Waals surface area (Å²) in [4.78, 5) is 24.3. The van der Waals surface area contributed by atoms with Crippen molar-refractivity contribution >= 4 is 17.6 Å². The molecule has 6 nitrogen and oxygen atoms in total. The van der Waals surface area contributed by atoms with Crippen molar-refractivity contribution in [2.75, 3.05) is 11.9 Å². The molecule has 0 aromatic heterocycles. The maximum absolute atomic E-state index is 12.5. The fourth-order valence-electron chi connectivity index (χ4n) is 2.51. The molecule has 2 aromatic carbocycles. The molecule has 156 valence electrons. The van der Waals surface area contributed by atoms with Gasteiger partial charge in [-0.25, -0.2) is 4.79 Å². The van der Waals surface area contributed by atoms with Crippen LogP contribution >= 0.6 is 0 Å². The Morgan fingerprint density at radius 3 is 2.24 bits per heavy atom. The van der Waals surface area contributed by atoms with Crippen LogP contribution in [0, 0.1) is 0 Å². The van der Waals surface area contributed by atoms with Crippen LogP contribution in [0.5, 0.6) is 11.5 Å². The number of esters is 1. The molecule has 0 bridgehead atoms. The summed E-state index contributed by atoms with van der Waals surface area (Å²) in [5.41, 5.74) is 0.990. The maximum Gasteiger partial charge on any atom is 0.387 e. The van der Waals surface area contributed by atoms with E-state index in [0.717, 1.165) is 5.56 Å². The number of ether oxygens (including phenoxy) is 3. The van der Waals surface area contributed by atoms with Crippen LogP contribution in [0.15, 0.2) is 48.5 Å². The van der Waals surface area contributed by atoms with Crippen molar-refractivity contribution in [2.24, 2.45) is 0 Å². The smallest absolute Gasteiger partial charge is 0.387 e. The number of para-hydroxylation sites is 3. The topological polar surface area (TPSA) is 73.9 Å². The van der Waals surface area contributed by atoms with Gasteiger partial charge in [-0.15, -0.1) is 0 Å². The van der Waals surface area contributed by atoms with Crippen LogP contribution in [-0.4, -0.2) is 31.2 Å². The molecule has 0 aliphatic carbocycles. The van der Waals surface area contributed by atoms with E-state index in [-0.39, 0.29) is 24.0 Å². The van der Waals surface area contributed by atoms with Crippen molar-refractivity contribution < 1.29 is 32.6 Å². The van der Waals surface area contributed by atoms with E-state index in [0.29, 0.717) is 5.75 Å². The molecule has 1 N–H and O–H groups in total. The Kier molecular flexibility index (Phi) is 7.94. The zero-order chi connectivity index (χ0) is 21.4. The normalized spacial score (nSPS) is 11.8. The molecule has 0 spiro atoms. The van der Waals surface area contributed by atoms with Gasteiger partial charge < -0.3 is 19.5 Å². The summed E-state index contributed by atoms with van der Waals surface area (Å²) in [6.45, 7) is 1.97. The van der Waals surface area contributed by atoms with Crippen LogP contribution in [0.2, 0.25) is 0 Å². The zero-order valence-electron chi connectivity index (χ0n) is 16.4. The first kappa shape index (κ1) is 22.1. The number of anilines is 1.